The van der Waals surface area contributed by atoms with E-state index in [2.05, 4.69) is 20.1 Å². The van der Waals surface area contributed by atoms with Crippen molar-refractivity contribution in [3.8, 4) is 0 Å². The summed E-state index contributed by atoms with van der Waals surface area (Å²) in [6.45, 7) is 0.297. The number of nitrogens with zero attached hydrogens (tertiary/aromatic N) is 4. The molecule has 0 saturated heterocycles. The van der Waals surface area contributed by atoms with Gasteiger partial charge in [-0.25, -0.2) is 9.78 Å². The average molecular weight is 369 g/mol. The van der Waals surface area contributed by atoms with Crippen LogP contribution in [0.25, 0.3) is 11.0 Å². The lowest BCUT2D eigenvalue weighted by molar-refractivity contribution is -0.121. The van der Waals surface area contributed by atoms with Gasteiger partial charge >= 0.3 is 5.97 Å². The number of ether oxygens (including phenoxy) is 1. The topological polar surface area (TPSA) is 108 Å². The fraction of sp³-hybridized carbons (Fsp3) is 0.278. The summed E-state index contributed by atoms with van der Waals surface area (Å²) in [5.41, 5.74) is 1.62. The Kier molecular flexibility index (Phi) is 5.30. The molecule has 0 aliphatic heterocycles. The molecule has 140 valence electrons. The molecule has 0 bridgehead atoms. The van der Waals surface area contributed by atoms with Crippen molar-refractivity contribution < 1.29 is 14.3 Å². The highest BCUT2D eigenvalue weighted by atomic mass is 16.5. The molecule has 0 aliphatic carbocycles. The van der Waals surface area contributed by atoms with Crippen molar-refractivity contribution >= 4 is 22.9 Å². The number of aromatic nitrogens is 4. The molecule has 0 spiro atoms. The molecule has 27 heavy (non-hydrogen) atoms. The Bertz CT molecular complexity index is 1040. The lowest BCUT2D eigenvalue weighted by atomic mass is 10.1. The second kappa shape index (κ2) is 7.81. The van der Waals surface area contributed by atoms with Gasteiger partial charge in [0.2, 0.25) is 5.91 Å². The molecule has 2 aromatic heterocycles. The average Bonchev–Trinajstić information content (AvgIpc) is 3.05. The highest BCUT2D eigenvalue weighted by molar-refractivity contribution is 5.89. The van der Waals surface area contributed by atoms with Crippen LogP contribution in [-0.2, 0) is 29.5 Å². The van der Waals surface area contributed by atoms with E-state index in [1.54, 1.807) is 19.2 Å². The number of hydrogen-bond acceptors (Lipinski definition) is 6. The third kappa shape index (κ3) is 4.02. The van der Waals surface area contributed by atoms with Gasteiger partial charge in [-0.1, -0.05) is 12.1 Å². The Balaban J connectivity index is 1.55. The number of rotatable bonds is 6. The van der Waals surface area contributed by atoms with E-state index < -0.39 is 0 Å². The molecule has 0 fully saturated rings. The van der Waals surface area contributed by atoms with Crippen molar-refractivity contribution in [3.05, 3.63) is 58.3 Å². The molecule has 0 aliphatic rings. The molecule has 0 atom stereocenters. The number of hydrogen-bond donors (Lipinski definition) is 1. The Morgan fingerprint density at radius 3 is 2.67 bits per heavy atom. The molecule has 3 aromatic rings. The summed E-state index contributed by atoms with van der Waals surface area (Å²) < 4.78 is 7.41. The molecule has 9 heteroatoms. The lowest BCUT2D eigenvalue weighted by Crippen LogP contribution is -2.33. The van der Waals surface area contributed by atoms with Gasteiger partial charge in [0, 0.05) is 13.6 Å². The van der Waals surface area contributed by atoms with Crippen LogP contribution in [0.1, 0.15) is 15.9 Å². The number of amides is 1. The number of aryl methyl sites for hydroxylation is 1. The Labute approximate surface area is 154 Å². The maximum atomic E-state index is 12.3. The molecule has 0 saturated carbocycles. The third-order valence-electron chi connectivity index (χ3n) is 4.14. The van der Waals surface area contributed by atoms with Crippen molar-refractivity contribution in [1.29, 1.82) is 0 Å². The minimum absolute atomic E-state index is 0.113. The Hall–Kier alpha value is -3.49. The van der Waals surface area contributed by atoms with E-state index in [1.807, 2.05) is 12.1 Å². The monoisotopic (exact) mass is 369 g/mol. The SMILES string of the molecule is COC(=O)c1ccc(CCNC(=O)Cn2cnc3c(cnn3C)c2=O)cc1. The standard InChI is InChI=1S/C18H19N5O4/c1-22-16-14(9-21-22)17(25)23(11-20-16)10-15(24)19-8-7-12-3-5-13(6-4-12)18(26)27-2/h3-6,9,11H,7-8,10H2,1-2H3,(H,19,24). The van der Waals surface area contributed by atoms with Crippen molar-refractivity contribution in [1.82, 2.24) is 24.6 Å². The molecular weight excluding hydrogens is 350 g/mol. The zero-order valence-electron chi connectivity index (χ0n) is 15.0. The number of carbonyl (C=O) groups excluding carboxylic acids is 2. The summed E-state index contributed by atoms with van der Waals surface area (Å²) in [6.07, 6.45) is 3.39. The maximum absolute atomic E-state index is 12.3. The van der Waals surface area contributed by atoms with Gasteiger partial charge in [0.05, 0.1) is 18.9 Å². The van der Waals surface area contributed by atoms with E-state index in [-0.39, 0.29) is 24.0 Å². The molecule has 3 rings (SSSR count). The van der Waals surface area contributed by atoms with Crippen LogP contribution in [0.3, 0.4) is 0 Å². The number of fused-ring (bicyclic) bond motifs is 1. The van der Waals surface area contributed by atoms with Crippen LogP contribution in [0.2, 0.25) is 0 Å². The fourth-order valence-electron chi connectivity index (χ4n) is 2.66. The first-order valence-corrected chi connectivity index (χ1v) is 8.30. The molecule has 1 amide bonds. The van der Waals surface area contributed by atoms with E-state index >= 15 is 0 Å². The smallest absolute Gasteiger partial charge is 0.337 e. The van der Waals surface area contributed by atoms with Gasteiger partial charge < -0.3 is 10.1 Å². The molecule has 9 nitrogen and oxygen atoms in total. The first-order valence-electron chi connectivity index (χ1n) is 8.30. The zero-order valence-corrected chi connectivity index (χ0v) is 15.0. The van der Waals surface area contributed by atoms with Crippen molar-refractivity contribution in [2.24, 2.45) is 7.05 Å². The number of esters is 1. The van der Waals surface area contributed by atoms with Crippen LogP contribution >= 0.6 is 0 Å². The maximum Gasteiger partial charge on any atom is 0.337 e. The van der Waals surface area contributed by atoms with Gasteiger partial charge in [-0.05, 0) is 24.1 Å². The van der Waals surface area contributed by atoms with Gasteiger partial charge in [0.25, 0.3) is 5.56 Å². The minimum Gasteiger partial charge on any atom is -0.465 e. The summed E-state index contributed by atoms with van der Waals surface area (Å²) in [5.74, 6) is -0.673. The van der Waals surface area contributed by atoms with Crippen LogP contribution in [-0.4, -0.2) is 44.9 Å². The number of carbonyl (C=O) groups is 2. The van der Waals surface area contributed by atoms with Crippen molar-refractivity contribution in [2.45, 2.75) is 13.0 Å². The van der Waals surface area contributed by atoms with Crippen molar-refractivity contribution in [2.75, 3.05) is 13.7 Å². The van der Waals surface area contributed by atoms with Crippen LogP contribution in [0.15, 0.2) is 41.6 Å². The van der Waals surface area contributed by atoms with Gasteiger partial charge in [-0.3, -0.25) is 18.8 Å². The number of benzene rings is 1. The normalized spacial score (nSPS) is 10.7. The number of nitrogens with one attached hydrogen (secondary N) is 1. The molecule has 1 N–H and O–H groups in total. The van der Waals surface area contributed by atoms with Crippen LogP contribution in [0, 0.1) is 0 Å². The zero-order chi connectivity index (χ0) is 19.4. The highest BCUT2D eigenvalue weighted by Crippen LogP contribution is 2.06. The summed E-state index contributed by atoms with van der Waals surface area (Å²) in [6, 6.07) is 6.97. The second-order valence-electron chi connectivity index (χ2n) is 5.97. The Morgan fingerprint density at radius 1 is 1.22 bits per heavy atom. The molecular formula is C18H19N5O4. The first-order chi connectivity index (χ1) is 13.0. The summed E-state index contributed by atoms with van der Waals surface area (Å²) in [7, 11) is 3.03. The quantitative estimate of drug-likeness (QED) is 0.625. The molecule has 1 aromatic carbocycles. The Morgan fingerprint density at radius 2 is 1.96 bits per heavy atom. The van der Waals surface area contributed by atoms with E-state index in [9.17, 15) is 14.4 Å². The highest BCUT2D eigenvalue weighted by Gasteiger charge is 2.10. The van der Waals surface area contributed by atoms with Gasteiger partial charge in [-0.2, -0.15) is 5.10 Å². The van der Waals surface area contributed by atoms with Gasteiger partial charge in [0.15, 0.2) is 5.65 Å². The van der Waals surface area contributed by atoms with Crippen LogP contribution < -0.4 is 10.9 Å². The largest absolute Gasteiger partial charge is 0.465 e. The third-order valence-corrected chi connectivity index (χ3v) is 4.14. The van der Waals surface area contributed by atoms with E-state index in [0.717, 1.165) is 5.56 Å². The van der Waals surface area contributed by atoms with E-state index in [0.29, 0.717) is 29.6 Å². The summed E-state index contributed by atoms with van der Waals surface area (Å²) >= 11 is 0. The van der Waals surface area contributed by atoms with E-state index in [4.69, 9.17) is 0 Å². The molecule has 0 radical (unpaired) electrons. The number of methoxy groups -OCH3 is 1. The second-order valence-corrected chi connectivity index (χ2v) is 5.97. The summed E-state index contributed by atoms with van der Waals surface area (Å²) in [4.78, 5) is 40.0. The predicted molar refractivity (Wildman–Crippen MR) is 97.3 cm³/mol. The van der Waals surface area contributed by atoms with Crippen LogP contribution in [0.4, 0.5) is 0 Å². The van der Waals surface area contributed by atoms with Gasteiger partial charge in [-0.15, -0.1) is 0 Å². The van der Waals surface area contributed by atoms with Crippen LogP contribution in [0.5, 0.6) is 0 Å². The predicted octanol–water partition coefficient (Wildman–Crippen LogP) is 0.275. The van der Waals surface area contributed by atoms with Crippen molar-refractivity contribution in [3.63, 3.8) is 0 Å². The van der Waals surface area contributed by atoms with E-state index in [1.165, 1.54) is 28.9 Å². The van der Waals surface area contributed by atoms with Gasteiger partial charge in [0.1, 0.15) is 18.3 Å². The first kappa shape index (κ1) is 18.3. The molecule has 2 heterocycles. The summed E-state index contributed by atoms with van der Waals surface area (Å²) in [5, 5.41) is 7.14. The minimum atomic E-state index is -0.389. The lowest BCUT2D eigenvalue weighted by Gasteiger charge is -2.08. The molecule has 0 unspecified atom stereocenters. The fourth-order valence-corrected chi connectivity index (χ4v) is 2.66.